The lowest BCUT2D eigenvalue weighted by molar-refractivity contribution is 0.103. The molecule has 0 saturated heterocycles. The van der Waals surface area contributed by atoms with E-state index >= 15 is 0 Å². The highest BCUT2D eigenvalue weighted by Gasteiger charge is 2.22. The van der Waals surface area contributed by atoms with Crippen molar-refractivity contribution < 1.29 is 9.18 Å². The summed E-state index contributed by atoms with van der Waals surface area (Å²) in [6, 6.07) is 13.7. The molecule has 5 heteroatoms. The third kappa shape index (κ3) is 3.67. The number of nitrogen functional groups attached to an aromatic ring is 1. The van der Waals surface area contributed by atoms with Gasteiger partial charge in [0.15, 0.2) is 5.78 Å². The van der Waals surface area contributed by atoms with E-state index in [0.717, 1.165) is 16.7 Å². The van der Waals surface area contributed by atoms with Gasteiger partial charge in [0.1, 0.15) is 5.82 Å². The number of ketones is 1. The number of nitrogens with one attached hydrogen (secondary N) is 1. The van der Waals surface area contributed by atoms with E-state index in [2.05, 4.69) is 5.32 Å². The van der Waals surface area contributed by atoms with E-state index in [-0.39, 0.29) is 5.56 Å². The quantitative estimate of drug-likeness (QED) is 0.584. The van der Waals surface area contributed by atoms with Crippen LogP contribution in [0.3, 0.4) is 0 Å². The van der Waals surface area contributed by atoms with Gasteiger partial charge in [-0.1, -0.05) is 30.3 Å². The lowest BCUT2D eigenvalue weighted by atomic mass is 9.90. The predicted octanol–water partition coefficient (Wildman–Crippen LogP) is 3.39. The summed E-state index contributed by atoms with van der Waals surface area (Å²) in [7, 11) is 0. The Bertz CT molecular complexity index is 914. The molecule has 0 unspecified atom stereocenters. The Kier molecular flexibility index (Phi) is 5.17. The maximum absolute atomic E-state index is 14.1. The van der Waals surface area contributed by atoms with Crippen LogP contribution in [-0.4, -0.2) is 12.3 Å². The van der Waals surface area contributed by atoms with E-state index in [9.17, 15) is 9.18 Å². The minimum atomic E-state index is -0.590. The molecule has 4 nitrogen and oxygen atoms in total. The zero-order valence-corrected chi connectivity index (χ0v) is 14.2. The summed E-state index contributed by atoms with van der Waals surface area (Å²) in [6.45, 7) is 0.689. The molecular formula is C21H20FN3O. The zero-order valence-electron chi connectivity index (χ0n) is 14.2. The molecule has 0 atom stereocenters. The van der Waals surface area contributed by atoms with Gasteiger partial charge < -0.3 is 16.8 Å². The summed E-state index contributed by atoms with van der Waals surface area (Å²) in [6.07, 6.45) is 5.64. The fraction of sp³-hybridized carbons (Fsp3) is 0.0952. The first-order chi connectivity index (χ1) is 12.6. The first kappa shape index (κ1) is 17.5. The van der Waals surface area contributed by atoms with E-state index < -0.39 is 11.6 Å². The molecule has 2 aromatic rings. The Balaban J connectivity index is 1.99. The molecule has 0 bridgehead atoms. The monoisotopic (exact) mass is 349 g/mol. The van der Waals surface area contributed by atoms with Crippen molar-refractivity contribution in [2.45, 2.75) is 6.42 Å². The van der Waals surface area contributed by atoms with Gasteiger partial charge in [-0.05, 0) is 47.4 Å². The van der Waals surface area contributed by atoms with Crippen LogP contribution in [0.25, 0.3) is 5.57 Å². The maximum Gasteiger partial charge on any atom is 0.197 e. The molecule has 2 aromatic carbocycles. The van der Waals surface area contributed by atoms with E-state index in [1.807, 2.05) is 36.4 Å². The molecule has 3 rings (SSSR count). The summed E-state index contributed by atoms with van der Waals surface area (Å²) >= 11 is 0. The van der Waals surface area contributed by atoms with Crippen molar-refractivity contribution in [3.05, 3.63) is 95.1 Å². The van der Waals surface area contributed by atoms with E-state index in [4.69, 9.17) is 11.5 Å². The van der Waals surface area contributed by atoms with Crippen LogP contribution in [0.2, 0.25) is 0 Å². The van der Waals surface area contributed by atoms with Crippen molar-refractivity contribution in [2.75, 3.05) is 12.3 Å². The lowest BCUT2D eigenvalue weighted by Crippen LogP contribution is -2.21. The summed E-state index contributed by atoms with van der Waals surface area (Å²) < 4.78 is 14.1. The molecule has 0 radical (unpaired) electrons. The minimum Gasteiger partial charge on any atom is -0.404 e. The third-order valence-corrected chi connectivity index (χ3v) is 4.23. The number of benzene rings is 2. The van der Waals surface area contributed by atoms with Gasteiger partial charge in [0.25, 0.3) is 0 Å². The predicted molar refractivity (Wildman–Crippen MR) is 103 cm³/mol. The standard InChI is InChI=1S/C21H20FN3O/c22-20-7-6-17(24)11-18(20)21(26)19-13-25-9-8-15(19)10-16(12-23)14-4-2-1-3-5-14/h1-7,10-13,25H,8-9,23-24H2/b15-10+,16-12+. The lowest BCUT2D eigenvalue weighted by Gasteiger charge is -2.18. The Labute approximate surface area is 151 Å². The van der Waals surface area contributed by atoms with Crippen LogP contribution < -0.4 is 16.8 Å². The number of carbonyl (C=O) groups is 1. The fourth-order valence-electron chi connectivity index (χ4n) is 2.88. The maximum atomic E-state index is 14.1. The highest BCUT2D eigenvalue weighted by atomic mass is 19.1. The second-order valence-corrected chi connectivity index (χ2v) is 5.99. The number of allylic oxidation sites excluding steroid dienone is 3. The number of hydrogen-bond acceptors (Lipinski definition) is 4. The van der Waals surface area contributed by atoms with Gasteiger partial charge >= 0.3 is 0 Å². The molecule has 5 N–H and O–H groups in total. The smallest absolute Gasteiger partial charge is 0.197 e. The first-order valence-electron chi connectivity index (χ1n) is 8.31. The average molecular weight is 349 g/mol. The molecule has 0 fully saturated rings. The first-order valence-corrected chi connectivity index (χ1v) is 8.31. The molecular weight excluding hydrogens is 329 g/mol. The number of Topliss-reactive ketones (excluding diaryl/α,β-unsaturated/α-hetero) is 1. The molecule has 0 aromatic heterocycles. The normalized spacial score (nSPS) is 16.1. The number of rotatable bonds is 4. The van der Waals surface area contributed by atoms with E-state index in [1.54, 1.807) is 6.20 Å². The van der Waals surface area contributed by atoms with Gasteiger partial charge in [-0.25, -0.2) is 4.39 Å². The SMILES string of the molecule is N/C=C(\C=C1/CCNC=C1C(=O)c1cc(N)ccc1F)c1ccccc1. The topological polar surface area (TPSA) is 81.1 Å². The van der Waals surface area contributed by atoms with Crippen molar-refractivity contribution in [3.63, 3.8) is 0 Å². The molecule has 132 valence electrons. The van der Waals surface area contributed by atoms with Crippen molar-refractivity contribution in [3.8, 4) is 0 Å². The van der Waals surface area contributed by atoms with Crippen LogP contribution in [0.5, 0.6) is 0 Å². The summed E-state index contributed by atoms with van der Waals surface area (Å²) in [5.74, 6) is -0.995. The molecule has 0 aliphatic carbocycles. The van der Waals surface area contributed by atoms with Crippen LogP contribution in [0.15, 0.2) is 78.2 Å². The van der Waals surface area contributed by atoms with Crippen LogP contribution in [0, 0.1) is 5.82 Å². The Morgan fingerprint density at radius 2 is 1.92 bits per heavy atom. The minimum absolute atomic E-state index is 0.0381. The van der Waals surface area contributed by atoms with Gasteiger partial charge in [0, 0.05) is 30.2 Å². The zero-order chi connectivity index (χ0) is 18.5. The van der Waals surface area contributed by atoms with E-state index in [0.29, 0.717) is 24.2 Å². The Hall–Kier alpha value is -3.34. The Morgan fingerprint density at radius 1 is 1.15 bits per heavy atom. The van der Waals surface area contributed by atoms with Crippen LogP contribution in [-0.2, 0) is 0 Å². The molecule has 0 spiro atoms. The van der Waals surface area contributed by atoms with Crippen molar-refractivity contribution in [1.82, 2.24) is 5.32 Å². The number of hydrogen-bond donors (Lipinski definition) is 3. The van der Waals surface area contributed by atoms with Gasteiger partial charge in [-0.3, -0.25) is 4.79 Å². The van der Waals surface area contributed by atoms with Gasteiger partial charge in [-0.2, -0.15) is 0 Å². The molecule has 0 saturated carbocycles. The van der Waals surface area contributed by atoms with Crippen LogP contribution >= 0.6 is 0 Å². The van der Waals surface area contributed by atoms with Gasteiger partial charge in [0.05, 0.1) is 5.56 Å². The number of nitrogens with two attached hydrogens (primary N) is 2. The van der Waals surface area contributed by atoms with E-state index in [1.165, 1.54) is 24.4 Å². The Morgan fingerprint density at radius 3 is 2.65 bits per heavy atom. The van der Waals surface area contributed by atoms with Crippen molar-refractivity contribution >= 4 is 17.0 Å². The van der Waals surface area contributed by atoms with Crippen molar-refractivity contribution in [1.29, 1.82) is 0 Å². The van der Waals surface area contributed by atoms with Gasteiger partial charge in [-0.15, -0.1) is 0 Å². The number of halogens is 1. The summed E-state index contributed by atoms with van der Waals surface area (Å²) in [5.41, 5.74) is 14.8. The number of anilines is 1. The largest absolute Gasteiger partial charge is 0.404 e. The highest BCUT2D eigenvalue weighted by molar-refractivity contribution is 6.12. The fourth-order valence-corrected chi connectivity index (χ4v) is 2.88. The molecule has 26 heavy (non-hydrogen) atoms. The summed E-state index contributed by atoms with van der Waals surface area (Å²) in [5, 5.41) is 3.05. The van der Waals surface area contributed by atoms with Crippen molar-refractivity contribution in [2.24, 2.45) is 5.73 Å². The van der Waals surface area contributed by atoms with Crippen LogP contribution in [0.4, 0.5) is 10.1 Å². The highest BCUT2D eigenvalue weighted by Crippen LogP contribution is 2.27. The number of carbonyl (C=O) groups excluding carboxylic acids is 1. The molecule has 0 amide bonds. The third-order valence-electron chi connectivity index (χ3n) is 4.23. The van der Waals surface area contributed by atoms with Gasteiger partial charge in [0.2, 0.25) is 0 Å². The molecule has 1 heterocycles. The molecule has 1 aliphatic rings. The second kappa shape index (κ2) is 7.70. The van der Waals surface area contributed by atoms with Crippen LogP contribution in [0.1, 0.15) is 22.3 Å². The second-order valence-electron chi connectivity index (χ2n) is 5.99. The average Bonchev–Trinajstić information content (AvgIpc) is 2.68. The molecule has 1 aliphatic heterocycles. The summed E-state index contributed by atoms with van der Waals surface area (Å²) in [4.78, 5) is 12.9.